The monoisotopic (exact) mass is 329 g/mol. The van der Waals surface area contributed by atoms with Crippen LogP contribution in [0.25, 0.3) is 0 Å². The van der Waals surface area contributed by atoms with Crippen LogP contribution in [0, 0.1) is 0 Å². The number of nitrogens with one attached hydrogen (secondary N) is 1. The minimum Gasteiger partial charge on any atom is -0.484 e. The minimum atomic E-state index is -0.353. The highest BCUT2D eigenvalue weighted by Gasteiger charge is 2.26. The molecule has 0 radical (unpaired) electrons. The fourth-order valence-corrected chi connectivity index (χ4v) is 2.88. The zero-order valence-corrected chi connectivity index (χ0v) is 11.9. The first-order valence-electron chi connectivity index (χ1n) is 5.49. The molecule has 0 spiro atoms. The van der Waals surface area contributed by atoms with Crippen LogP contribution in [0.1, 0.15) is 6.42 Å². The van der Waals surface area contributed by atoms with E-state index >= 15 is 0 Å². The number of benzene rings is 1. The predicted octanol–water partition coefficient (Wildman–Crippen LogP) is 1.98. The summed E-state index contributed by atoms with van der Waals surface area (Å²) in [6.07, 6.45) is 0.701. The van der Waals surface area contributed by atoms with Crippen LogP contribution in [0.4, 0.5) is 0 Å². The Labute approximate surface area is 118 Å². The zero-order chi connectivity index (χ0) is 13.0. The lowest BCUT2D eigenvalue weighted by Gasteiger charge is -2.11. The highest BCUT2D eigenvalue weighted by Crippen LogP contribution is 2.20. The van der Waals surface area contributed by atoms with Gasteiger partial charge in [-0.05, 0) is 24.6 Å². The van der Waals surface area contributed by atoms with E-state index in [0.29, 0.717) is 12.2 Å². The van der Waals surface area contributed by atoms with Gasteiger partial charge >= 0.3 is 0 Å². The molecule has 0 bridgehead atoms. The van der Waals surface area contributed by atoms with Crippen molar-refractivity contribution in [3.63, 3.8) is 0 Å². The fraction of sp³-hybridized carbons (Fsp3) is 0.333. The van der Waals surface area contributed by atoms with Gasteiger partial charge in [-0.25, -0.2) is 0 Å². The van der Waals surface area contributed by atoms with Crippen molar-refractivity contribution in [1.29, 1.82) is 0 Å². The lowest BCUT2D eigenvalue weighted by molar-refractivity contribution is -0.126. The molecule has 1 N–H and O–H groups in total. The molecule has 0 unspecified atom stereocenters. The van der Waals surface area contributed by atoms with Crippen molar-refractivity contribution in [3.8, 4) is 5.75 Å². The quantitative estimate of drug-likeness (QED) is 0.917. The summed E-state index contributed by atoms with van der Waals surface area (Å²) in [7, 11) is 0. The van der Waals surface area contributed by atoms with Crippen LogP contribution in [0.3, 0.4) is 0 Å². The molecule has 1 aliphatic rings. The van der Waals surface area contributed by atoms with Crippen molar-refractivity contribution in [1.82, 2.24) is 5.32 Å². The Bertz CT molecular complexity index is 466. The van der Waals surface area contributed by atoms with E-state index in [1.165, 1.54) is 11.8 Å². The van der Waals surface area contributed by atoms with Crippen molar-refractivity contribution in [2.24, 2.45) is 0 Å². The maximum absolute atomic E-state index is 11.6. The average Bonchev–Trinajstić information content (AvgIpc) is 2.73. The summed E-state index contributed by atoms with van der Waals surface area (Å²) >= 11 is 4.58. The second-order valence-corrected chi connectivity index (χ2v) is 5.84. The normalized spacial score (nSPS) is 18.7. The summed E-state index contributed by atoms with van der Waals surface area (Å²) in [5, 5.41) is 2.70. The van der Waals surface area contributed by atoms with Crippen molar-refractivity contribution < 1.29 is 14.3 Å². The van der Waals surface area contributed by atoms with E-state index < -0.39 is 0 Å². The topological polar surface area (TPSA) is 55.4 Å². The lowest BCUT2D eigenvalue weighted by atomic mass is 10.2. The van der Waals surface area contributed by atoms with E-state index in [9.17, 15) is 9.59 Å². The van der Waals surface area contributed by atoms with Crippen LogP contribution in [0.5, 0.6) is 5.75 Å². The molecule has 96 valence electrons. The number of thioether (sulfide) groups is 1. The van der Waals surface area contributed by atoms with E-state index in [4.69, 9.17) is 4.74 Å². The van der Waals surface area contributed by atoms with Crippen LogP contribution in [0.2, 0.25) is 0 Å². The highest BCUT2D eigenvalue weighted by atomic mass is 79.9. The Balaban J connectivity index is 1.79. The number of hydrogen-bond acceptors (Lipinski definition) is 4. The lowest BCUT2D eigenvalue weighted by Crippen LogP contribution is -2.39. The Morgan fingerprint density at radius 1 is 1.56 bits per heavy atom. The Morgan fingerprint density at radius 3 is 3.06 bits per heavy atom. The molecule has 1 aromatic rings. The molecule has 1 amide bonds. The molecule has 18 heavy (non-hydrogen) atoms. The van der Waals surface area contributed by atoms with Gasteiger partial charge in [0, 0.05) is 10.2 Å². The molecule has 2 rings (SSSR count). The summed E-state index contributed by atoms with van der Waals surface area (Å²) < 4.78 is 6.23. The van der Waals surface area contributed by atoms with Crippen LogP contribution in [-0.2, 0) is 9.59 Å². The van der Waals surface area contributed by atoms with Crippen molar-refractivity contribution in [2.45, 2.75) is 12.5 Å². The minimum absolute atomic E-state index is 0.0332. The molecule has 0 aliphatic carbocycles. The molecular formula is C12H12BrNO3S. The first-order valence-corrected chi connectivity index (χ1v) is 7.27. The van der Waals surface area contributed by atoms with Gasteiger partial charge in [0.25, 0.3) is 5.91 Å². The first-order chi connectivity index (χ1) is 8.65. The standard InChI is InChI=1S/C12H12BrNO3S/c13-8-2-1-3-9(6-8)17-7-11(15)14-10-4-5-18-12(10)16/h1-3,6,10H,4-5,7H2,(H,14,15)/t10-/m0/s1. The number of carbonyl (C=O) groups is 2. The molecule has 1 aromatic carbocycles. The molecule has 6 heteroatoms. The molecule has 1 saturated heterocycles. The molecular weight excluding hydrogens is 318 g/mol. The predicted molar refractivity (Wildman–Crippen MR) is 73.6 cm³/mol. The third kappa shape index (κ3) is 3.74. The molecule has 0 aromatic heterocycles. The van der Waals surface area contributed by atoms with E-state index in [2.05, 4.69) is 21.2 Å². The smallest absolute Gasteiger partial charge is 0.258 e. The number of halogens is 1. The average molecular weight is 330 g/mol. The van der Waals surface area contributed by atoms with Gasteiger partial charge in [0.15, 0.2) is 6.61 Å². The van der Waals surface area contributed by atoms with Gasteiger partial charge in [-0.1, -0.05) is 33.8 Å². The Morgan fingerprint density at radius 2 is 2.39 bits per heavy atom. The third-order valence-electron chi connectivity index (χ3n) is 2.44. The van der Waals surface area contributed by atoms with Gasteiger partial charge in [-0.2, -0.15) is 0 Å². The van der Waals surface area contributed by atoms with Gasteiger partial charge in [-0.3, -0.25) is 9.59 Å². The van der Waals surface area contributed by atoms with Crippen molar-refractivity contribution in [2.75, 3.05) is 12.4 Å². The molecule has 1 atom stereocenters. The maximum Gasteiger partial charge on any atom is 0.258 e. The van der Waals surface area contributed by atoms with Crippen LogP contribution >= 0.6 is 27.7 Å². The highest BCUT2D eigenvalue weighted by molar-refractivity contribution is 9.10. The van der Waals surface area contributed by atoms with Crippen LogP contribution in [0.15, 0.2) is 28.7 Å². The number of ether oxygens (including phenoxy) is 1. The number of rotatable bonds is 4. The number of carbonyl (C=O) groups excluding carboxylic acids is 2. The van der Waals surface area contributed by atoms with E-state index in [1.54, 1.807) is 12.1 Å². The van der Waals surface area contributed by atoms with Crippen LogP contribution < -0.4 is 10.1 Å². The van der Waals surface area contributed by atoms with Gasteiger partial charge < -0.3 is 10.1 Å². The molecule has 0 saturated carbocycles. The summed E-state index contributed by atoms with van der Waals surface area (Å²) in [6, 6.07) is 6.91. The Kier molecular flexibility index (Phi) is 4.66. The second kappa shape index (κ2) is 6.24. The molecule has 1 heterocycles. The van der Waals surface area contributed by atoms with Gasteiger partial charge in [0.2, 0.25) is 5.12 Å². The molecule has 1 aliphatic heterocycles. The van der Waals surface area contributed by atoms with E-state index in [1.807, 2.05) is 12.1 Å². The largest absolute Gasteiger partial charge is 0.484 e. The first kappa shape index (κ1) is 13.4. The van der Waals surface area contributed by atoms with Gasteiger partial charge in [0.05, 0.1) is 6.04 Å². The van der Waals surface area contributed by atoms with E-state index in [0.717, 1.165) is 10.2 Å². The van der Waals surface area contributed by atoms with E-state index in [-0.39, 0.29) is 23.7 Å². The molecule has 1 fully saturated rings. The SMILES string of the molecule is O=C(COc1cccc(Br)c1)N[C@H]1CCSC1=O. The fourth-order valence-electron chi connectivity index (χ4n) is 1.57. The third-order valence-corrected chi connectivity index (χ3v) is 3.94. The summed E-state index contributed by atoms with van der Waals surface area (Å²) in [4.78, 5) is 22.9. The van der Waals surface area contributed by atoms with Crippen molar-refractivity contribution >= 4 is 38.7 Å². The van der Waals surface area contributed by atoms with Crippen LogP contribution in [-0.4, -0.2) is 29.4 Å². The number of amides is 1. The number of hydrogen-bond donors (Lipinski definition) is 1. The zero-order valence-electron chi connectivity index (χ0n) is 9.52. The second-order valence-electron chi connectivity index (χ2n) is 3.82. The Hall–Kier alpha value is -1.01. The van der Waals surface area contributed by atoms with Crippen molar-refractivity contribution in [3.05, 3.63) is 28.7 Å². The van der Waals surface area contributed by atoms with Gasteiger partial charge in [0.1, 0.15) is 5.75 Å². The summed E-state index contributed by atoms with van der Waals surface area (Å²) in [5.41, 5.74) is 0. The van der Waals surface area contributed by atoms with Gasteiger partial charge in [-0.15, -0.1) is 0 Å². The maximum atomic E-state index is 11.6. The summed E-state index contributed by atoms with van der Waals surface area (Å²) in [6.45, 7) is -0.0785. The summed E-state index contributed by atoms with van der Waals surface area (Å²) in [5.74, 6) is 1.12. The molecule has 4 nitrogen and oxygen atoms in total.